The van der Waals surface area contributed by atoms with E-state index in [0.29, 0.717) is 6.61 Å². The normalized spacial score (nSPS) is 14.6. The summed E-state index contributed by atoms with van der Waals surface area (Å²) in [6.07, 6.45) is 2.07. The van der Waals surface area contributed by atoms with E-state index in [2.05, 4.69) is 48.9 Å². The Hall–Kier alpha value is -1.68. The van der Waals surface area contributed by atoms with Gasteiger partial charge in [-0.15, -0.1) is 0 Å². The SMILES string of the molecule is Cc1cc(C)c(-n2c[n+]3c(n2)COCC3)c(C)c1. The minimum Gasteiger partial charge on any atom is -0.367 e. The number of hydrogen-bond donors (Lipinski definition) is 0. The molecule has 1 aliphatic heterocycles. The molecule has 0 saturated heterocycles. The molecule has 2 heterocycles. The molecule has 2 aromatic rings. The maximum absolute atomic E-state index is 5.43. The maximum Gasteiger partial charge on any atom is 0.303 e. The zero-order chi connectivity index (χ0) is 12.7. The first-order chi connectivity index (χ1) is 8.65. The molecule has 4 nitrogen and oxygen atoms in total. The van der Waals surface area contributed by atoms with Crippen molar-refractivity contribution in [1.29, 1.82) is 0 Å². The highest BCUT2D eigenvalue weighted by Crippen LogP contribution is 2.20. The molecule has 94 valence electrons. The van der Waals surface area contributed by atoms with Gasteiger partial charge in [0.15, 0.2) is 0 Å². The second-order valence-corrected chi connectivity index (χ2v) is 4.97. The third-order valence-electron chi connectivity index (χ3n) is 3.38. The van der Waals surface area contributed by atoms with Crippen LogP contribution in [0.4, 0.5) is 0 Å². The van der Waals surface area contributed by atoms with E-state index >= 15 is 0 Å². The van der Waals surface area contributed by atoms with Gasteiger partial charge in [-0.2, -0.15) is 0 Å². The van der Waals surface area contributed by atoms with Gasteiger partial charge in [-0.05, 0) is 31.9 Å². The average molecular weight is 244 g/mol. The second kappa shape index (κ2) is 4.21. The molecule has 0 spiro atoms. The van der Waals surface area contributed by atoms with Crippen LogP contribution in [-0.4, -0.2) is 16.4 Å². The maximum atomic E-state index is 5.43. The summed E-state index contributed by atoms with van der Waals surface area (Å²) in [6.45, 7) is 8.67. The minimum atomic E-state index is 0.608. The van der Waals surface area contributed by atoms with Crippen molar-refractivity contribution >= 4 is 0 Å². The molecule has 0 atom stereocenters. The zero-order valence-electron chi connectivity index (χ0n) is 11.1. The fourth-order valence-electron chi connectivity index (χ4n) is 2.67. The van der Waals surface area contributed by atoms with Gasteiger partial charge in [-0.25, -0.2) is 4.57 Å². The monoisotopic (exact) mass is 244 g/mol. The fraction of sp³-hybridized carbons (Fsp3) is 0.429. The number of ether oxygens (including phenoxy) is 1. The van der Waals surface area contributed by atoms with E-state index in [0.717, 1.165) is 19.0 Å². The minimum absolute atomic E-state index is 0.608. The van der Waals surface area contributed by atoms with Crippen molar-refractivity contribution in [3.8, 4) is 5.69 Å². The Morgan fingerprint density at radius 3 is 2.61 bits per heavy atom. The molecule has 0 bridgehead atoms. The van der Waals surface area contributed by atoms with Crippen molar-refractivity contribution < 1.29 is 9.30 Å². The fourth-order valence-corrected chi connectivity index (χ4v) is 2.67. The summed E-state index contributed by atoms with van der Waals surface area (Å²) in [5, 5.41) is 4.63. The highest BCUT2D eigenvalue weighted by Gasteiger charge is 2.23. The predicted octanol–water partition coefficient (Wildman–Crippen LogP) is 1.62. The number of aryl methyl sites for hydroxylation is 3. The summed E-state index contributed by atoms with van der Waals surface area (Å²) in [7, 11) is 0. The molecule has 0 N–H and O–H groups in total. The molecular weight excluding hydrogens is 226 g/mol. The van der Waals surface area contributed by atoms with Crippen LogP contribution in [0.2, 0.25) is 0 Å². The summed E-state index contributed by atoms with van der Waals surface area (Å²) in [6, 6.07) is 4.40. The van der Waals surface area contributed by atoms with Gasteiger partial charge in [-0.3, -0.25) is 0 Å². The third kappa shape index (κ3) is 1.82. The molecule has 1 aromatic heterocycles. The lowest BCUT2D eigenvalue weighted by Crippen LogP contribution is -2.42. The van der Waals surface area contributed by atoms with Crippen molar-refractivity contribution in [1.82, 2.24) is 9.78 Å². The first kappa shape index (κ1) is 11.4. The smallest absolute Gasteiger partial charge is 0.303 e. The van der Waals surface area contributed by atoms with Crippen LogP contribution in [0.15, 0.2) is 18.5 Å². The van der Waals surface area contributed by atoms with Crippen LogP contribution in [0.3, 0.4) is 0 Å². The first-order valence-corrected chi connectivity index (χ1v) is 6.29. The summed E-state index contributed by atoms with van der Waals surface area (Å²) in [5.41, 5.74) is 4.99. The number of fused-ring (bicyclic) bond motifs is 1. The molecule has 0 saturated carbocycles. The third-order valence-corrected chi connectivity index (χ3v) is 3.38. The standard InChI is InChI=1S/C14H18N3O/c1-10-6-11(2)14(12(3)7-10)17-9-16-4-5-18-8-13(16)15-17/h6-7,9H,4-5,8H2,1-3H3/q+1. The summed E-state index contributed by atoms with van der Waals surface area (Å²) in [4.78, 5) is 0. The van der Waals surface area contributed by atoms with E-state index in [4.69, 9.17) is 4.74 Å². The Kier molecular flexibility index (Phi) is 2.67. The Balaban J connectivity index is 2.12. The van der Waals surface area contributed by atoms with Crippen LogP contribution in [0, 0.1) is 20.8 Å². The van der Waals surface area contributed by atoms with Gasteiger partial charge >= 0.3 is 5.82 Å². The van der Waals surface area contributed by atoms with Crippen LogP contribution in [-0.2, 0) is 17.9 Å². The first-order valence-electron chi connectivity index (χ1n) is 6.29. The van der Waals surface area contributed by atoms with E-state index in [1.807, 2.05) is 4.68 Å². The molecule has 18 heavy (non-hydrogen) atoms. The zero-order valence-corrected chi connectivity index (χ0v) is 11.1. The molecule has 0 fully saturated rings. The van der Waals surface area contributed by atoms with Gasteiger partial charge in [-0.1, -0.05) is 22.4 Å². The van der Waals surface area contributed by atoms with Crippen LogP contribution >= 0.6 is 0 Å². The average Bonchev–Trinajstić information content (AvgIpc) is 2.70. The molecule has 3 rings (SSSR count). The van der Waals surface area contributed by atoms with E-state index in [1.165, 1.54) is 22.4 Å². The molecule has 0 amide bonds. The number of nitrogens with zero attached hydrogens (tertiary/aromatic N) is 3. The van der Waals surface area contributed by atoms with Crippen molar-refractivity contribution in [3.63, 3.8) is 0 Å². The highest BCUT2D eigenvalue weighted by atomic mass is 16.5. The van der Waals surface area contributed by atoms with Crippen LogP contribution < -0.4 is 4.57 Å². The van der Waals surface area contributed by atoms with E-state index in [-0.39, 0.29) is 0 Å². The van der Waals surface area contributed by atoms with Crippen molar-refractivity contribution in [2.24, 2.45) is 0 Å². The van der Waals surface area contributed by atoms with E-state index in [9.17, 15) is 0 Å². The van der Waals surface area contributed by atoms with Gasteiger partial charge in [0.25, 0.3) is 0 Å². The lowest BCUT2D eigenvalue weighted by molar-refractivity contribution is -0.717. The van der Waals surface area contributed by atoms with Crippen molar-refractivity contribution in [2.45, 2.75) is 33.9 Å². The number of benzene rings is 1. The van der Waals surface area contributed by atoms with E-state index < -0.39 is 0 Å². The quantitative estimate of drug-likeness (QED) is 0.714. The lowest BCUT2D eigenvalue weighted by atomic mass is 10.1. The Bertz CT molecular complexity index is 555. The molecule has 0 unspecified atom stereocenters. The van der Waals surface area contributed by atoms with Crippen LogP contribution in [0.5, 0.6) is 0 Å². The molecule has 1 aliphatic rings. The topological polar surface area (TPSA) is 30.9 Å². The Morgan fingerprint density at radius 1 is 1.22 bits per heavy atom. The van der Waals surface area contributed by atoms with Crippen molar-refractivity contribution in [3.05, 3.63) is 41.0 Å². The van der Waals surface area contributed by atoms with E-state index in [1.54, 1.807) is 0 Å². The van der Waals surface area contributed by atoms with Gasteiger partial charge in [0.05, 0.1) is 13.2 Å². The molecular formula is C14H18N3O+. The predicted molar refractivity (Wildman–Crippen MR) is 67.6 cm³/mol. The number of rotatable bonds is 1. The summed E-state index contributed by atoms with van der Waals surface area (Å²) >= 11 is 0. The largest absolute Gasteiger partial charge is 0.367 e. The molecule has 1 aromatic carbocycles. The van der Waals surface area contributed by atoms with Gasteiger partial charge < -0.3 is 4.74 Å². The van der Waals surface area contributed by atoms with Gasteiger partial charge in [0.1, 0.15) is 12.3 Å². The van der Waals surface area contributed by atoms with Gasteiger partial charge in [0.2, 0.25) is 6.33 Å². The number of aromatic nitrogens is 3. The van der Waals surface area contributed by atoms with Crippen LogP contribution in [0.1, 0.15) is 22.5 Å². The summed E-state index contributed by atoms with van der Waals surface area (Å²) in [5.74, 6) is 1.00. The lowest BCUT2D eigenvalue weighted by Gasteiger charge is -2.06. The summed E-state index contributed by atoms with van der Waals surface area (Å²) < 4.78 is 9.58. The molecule has 4 heteroatoms. The Morgan fingerprint density at radius 2 is 1.94 bits per heavy atom. The molecule has 0 radical (unpaired) electrons. The number of hydrogen-bond acceptors (Lipinski definition) is 2. The van der Waals surface area contributed by atoms with Gasteiger partial charge in [0, 0.05) is 5.10 Å². The van der Waals surface area contributed by atoms with Crippen LogP contribution in [0.25, 0.3) is 5.69 Å². The Labute approximate surface area is 107 Å². The van der Waals surface area contributed by atoms with Crippen molar-refractivity contribution in [2.75, 3.05) is 6.61 Å². The molecule has 0 aliphatic carbocycles. The second-order valence-electron chi connectivity index (χ2n) is 4.97. The highest BCUT2D eigenvalue weighted by molar-refractivity contribution is 5.48.